The van der Waals surface area contributed by atoms with Gasteiger partial charge in [0.1, 0.15) is 6.07 Å². The first kappa shape index (κ1) is 17.7. The number of rotatable bonds is 6. The van der Waals surface area contributed by atoms with E-state index in [1.165, 1.54) is 12.1 Å². The van der Waals surface area contributed by atoms with E-state index in [9.17, 15) is 15.4 Å². The molecule has 0 aliphatic carbocycles. The molecular weight excluding hydrogens is 336 g/mol. The van der Waals surface area contributed by atoms with Crippen molar-refractivity contribution < 1.29 is 9.66 Å². The fourth-order valence-corrected chi connectivity index (χ4v) is 2.66. The third kappa shape index (κ3) is 4.30. The Balaban J connectivity index is 1.67. The Kier molecular flexibility index (Phi) is 5.68. The van der Waals surface area contributed by atoms with Crippen LogP contribution in [0.1, 0.15) is 5.56 Å². The second-order valence-electron chi connectivity index (χ2n) is 5.79. The first-order chi connectivity index (χ1) is 12.7. The van der Waals surface area contributed by atoms with Gasteiger partial charge in [-0.25, -0.2) is 0 Å². The summed E-state index contributed by atoms with van der Waals surface area (Å²) >= 11 is 0. The van der Waals surface area contributed by atoms with Crippen LogP contribution in [0.25, 0.3) is 11.3 Å². The van der Waals surface area contributed by atoms with Gasteiger partial charge in [-0.2, -0.15) is 5.26 Å². The predicted octanol–water partition coefficient (Wildman–Crippen LogP) is 1.67. The third-order valence-electron chi connectivity index (χ3n) is 4.11. The molecule has 0 spiro atoms. The van der Waals surface area contributed by atoms with Crippen LogP contribution in [0.2, 0.25) is 0 Å². The second kappa shape index (κ2) is 8.33. The topological polar surface area (TPSA) is 117 Å². The van der Waals surface area contributed by atoms with Crippen LogP contribution in [0.15, 0.2) is 30.3 Å². The zero-order chi connectivity index (χ0) is 18.4. The minimum absolute atomic E-state index is 0.00335. The molecule has 9 heteroatoms. The SMILES string of the molecule is N#Cc1cc(-c2ccc([N+](=O)[O-])cc2)nnc1NCCN1CCOCC1. The lowest BCUT2D eigenvalue weighted by atomic mass is 10.1. The summed E-state index contributed by atoms with van der Waals surface area (Å²) in [5.41, 5.74) is 1.55. The van der Waals surface area contributed by atoms with Crippen molar-refractivity contribution in [2.24, 2.45) is 0 Å². The summed E-state index contributed by atoms with van der Waals surface area (Å²) in [7, 11) is 0. The largest absolute Gasteiger partial charge is 0.379 e. The summed E-state index contributed by atoms with van der Waals surface area (Å²) in [5, 5.41) is 31.5. The maximum Gasteiger partial charge on any atom is 0.269 e. The lowest BCUT2D eigenvalue weighted by molar-refractivity contribution is -0.384. The van der Waals surface area contributed by atoms with E-state index >= 15 is 0 Å². The van der Waals surface area contributed by atoms with Crippen molar-refractivity contribution in [1.82, 2.24) is 15.1 Å². The van der Waals surface area contributed by atoms with E-state index in [1.807, 2.05) is 0 Å². The van der Waals surface area contributed by atoms with Crippen LogP contribution in [0.5, 0.6) is 0 Å². The fourth-order valence-electron chi connectivity index (χ4n) is 2.66. The lowest BCUT2D eigenvalue weighted by Crippen LogP contribution is -2.39. The molecule has 2 heterocycles. The molecule has 1 N–H and O–H groups in total. The van der Waals surface area contributed by atoms with Gasteiger partial charge in [-0.05, 0) is 18.2 Å². The van der Waals surface area contributed by atoms with Gasteiger partial charge in [0, 0.05) is 43.9 Å². The standard InChI is InChI=1S/C17H18N6O3/c18-12-14-11-16(13-1-3-15(4-2-13)23(24)25)20-21-17(14)19-5-6-22-7-9-26-10-8-22/h1-4,11H,5-10H2,(H,19,21). The molecule has 3 rings (SSSR count). The molecule has 26 heavy (non-hydrogen) atoms. The number of morpholine rings is 1. The number of aromatic nitrogens is 2. The highest BCUT2D eigenvalue weighted by molar-refractivity contribution is 5.65. The van der Waals surface area contributed by atoms with Gasteiger partial charge in [0.2, 0.25) is 0 Å². The van der Waals surface area contributed by atoms with Gasteiger partial charge in [0.25, 0.3) is 5.69 Å². The zero-order valence-electron chi connectivity index (χ0n) is 14.1. The Morgan fingerprint density at radius 1 is 1.27 bits per heavy atom. The van der Waals surface area contributed by atoms with Crippen LogP contribution in [0.3, 0.4) is 0 Å². The Hall–Kier alpha value is -3.09. The molecule has 0 unspecified atom stereocenters. The Morgan fingerprint density at radius 3 is 2.65 bits per heavy atom. The van der Waals surface area contributed by atoms with Gasteiger partial charge < -0.3 is 10.1 Å². The number of nitro benzene ring substituents is 1. The summed E-state index contributed by atoms with van der Waals surface area (Å²) in [6, 6.07) is 9.73. The number of nitriles is 1. The van der Waals surface area contributed by atoms with Crippen LogP contribution < -0.4 is 5.32 Å². The fraction of sp³-hybridized carbons (Fsp3) is 0.353. The average Bonchev–Trinajstić information content (AvgIpc) is 2.69. The van der Waals surface area contributed by atoms with Gasteiger partial charge in [-0.15, -0.1) is 10.2 Å². The van der Waals surface area contributed by atoms with Crippen molar-refractivity contribution in [3.05, 3.63) is 46.0 Å². The quantitative estimate of drug-likeness (QED) is 0.615. The van der Waals surface area contributed by atoms with Gasteiger partial charge in [0.05, 0.1) is 29.4 Å². The van der Waals surface area contributed by atoms with E-state index in [4.69, 9.17) is 4.74 Å². The third-order valence-corrected chi connectivity index (χ3v) is 4.11. The van der Waals surface area contributed by atoms with Crippen LogP contribution in [-0.4, -0.2) is 59.4 Å². The van der Waals surface area contributed by atoms with E-state index in [0.29, 0.717) is 29.2 Å². The summed E-state index contributed by atoms with van der Waals surface area (Å²) in [6.07, 6.45) is 0. The van der Waals surface area contributed by atoms with Crippen molar-refractivity contribution in [2.75, 3.05) is 44.7 Å². The summed E-state index contributed by atoms with van der Waals surface area (Å²) in [6.45, 7) is 4.77. The number of non-ortho nitro benzene ring substituents is 1. The molecule has 1 aromatic carbocycles. The van der Waals surface area contributed by atoms with E-state index in [-0.39, 0.29) is 5.69 Å². The number of benzene rings is 1. The van der Waals surface area contributed by atoms with Crippen molar-refractivity contribution in [2.45, 2.75) is 0 Å². The summed E-state index contributed by atoms with van der Waals surface area (Å²) in [5.74, 6) is 0.437. The minimum Gasteiger partial charge on any atom is -0.379 e. The van der Waals surface area contributed by atoms with Crippen molar-refractivity contribution in [3.8, 4) is 17.3 Å². The highest BCUT2D eigenvalue weighted by Crippen LogP contribution is 2.22. The smallest absolute Gasteiger partial charge is 0.269 e. The number of hydrogen-bond acceptors (Lipinski definition) is 8. The first-order valence-electron chi connectivity index (χ1n) is 8.24. The average molecular weight is 354 g/mol. The van der Waals surface area contributed by atoms with Crippen LogP contribution in [-0.2, 0) is 4.74 Å². The Labute approximate surface area is 150 Å². The molecule has 0 atom stereocenters. The molecule has 1 fully saturated rings. The van der Waals surface area contributed by atoms with Crippen LogP contribution in [0.4, 0.5) is 11.5 Å². The van der Waals surface area contributed by atoms with Crippen LogP contribution in [0, 0.1) is 21.4 Å². The molecule has 1 aliphatic rings. The number of hydrogen-bond donors (Lipinski definition) is 1. The minimum atomic E-state index is -0.461. The zero-order valence-corrected chi connectivity index (χ0v) is 14.1. The maximum absolute atomic E-state index is 10.7. The second-order valence-corrected chi connectivity index (χ2v) is 5.79. The van der Waals surface area contributed by atoms with E-state index in [2.05, 4.69) is 26.5 Å². The predicted molar refractivity (Wildman–Crippen MR) is 94.6 cm³/mol. The molecule has 0 radical (unpaired) electrons. The highest BCUT2D eigenvalue weighted by atomic mass is 16.6. The number of ether oxygens (including phenoxy) is 1. The molecular formula is C17H18N6O3. The number of nitrogens with zero attached hydrogens (tertiary/aromatic N) is 5. The first-order valence-corrected chi connectivity index (χ1v) is 8.24. The van der Waals surface area contributed by atoms with Crippen molar-refractivity contribution >= 4 is 11.5 Å². The van der Waals surface area contributed by atoms with Gasteiger partial charge in [0.15, 0.2) is 5.82 Å². The number of anilines is 1. The molecule has 0 saturated carbocycles. The van der Waals surface area contributed by atoms with E-state index in [0.717, 1.165) is 32.8 Å². The van der Waals surface area contributed by atoms with Crippen molar-refractivity contribution in [3.63, 3.8) is 0 Å². The van der Waals surface area contributed by atoms with E-state index < -0.39 is 4.92 Å². The highest BCUT2D eigenvalue weighted by Gasteiger charge is 2.12. The normalized spacial score (nSPS) is 14.6. The summed E-state index contributed by atoms with van der Waals surface area (Å²) < 4.78 is 5.31. The van der Waals surface area contributed by atoms with Gasteiger partial charge >= 0.3 is 0 Å². The lowest BCUT2D eigenvalue weighted by Gasteiger charge is -2.26. The van der Waals surface area contributed by atoms with Crippen LogP contribution >= 0.6 is 0 Å². The molecule has 2 aromatic rings. The van der Waals surface area contributed by atoms with Gasteiger partial charge in [-0.1, -0.05) is 0 Å². The molecule has 134 valence electrons. The monoisotopic (exact) mass is 354 g/mol. The molecule has 0 amide bonds. The maximum atomic E-state index is 10.7. The Morgan fingerprint density at radius 2 is 2.00 bits per heavy atom. The molecule has 1 aliphatic heterocycles. The number of nitro groups is 1. The van der Waals surface area contributed by atoms with Gasteiger partial charge in [-0.3, -0.25) is 15.0 Å². The molecule has 1 saturated heterocycles. The molecule has 9 nitrogen and oxygen atoms in total. The van der Waals surface area contributed by atoms with Crippen molar-refractivity contribution in [1.29, 1.82) is 5.26 Å². The van der Waals surface area contributed by atoms with E-state index in [1.54, 1.807) is 18.2 Å². The Bertz CT molecular complexity index is 812. The number of nitrogens with one attached hydrogen (secondary N) is 1. The summed E-state index contributed by atoms with van der Waals surface area (Å²) in [4.78, 5) is 12.5. The molecule has 1 aromatic heterocycles. The molecule has 0 bridgehead atoms.